The molecule has 0 unspecified atom stereocenters. The standard InChI is InChI=1S/C11H21NO/c1-6-8-11(9-13,12-5)10(3,4)7-2/h6,9,12H,1,7-8H2,2-5H3/t11-/m1/s1. The predicted molar refractivity (Wildman–Crippen MR) is 56.7 cm³/mol. The second-order valence-electron chi connectivity index (χ2n) is 4.07. The Morgan fingerprint density at radius 1 is 1.46 bits per heavy atom. The van der Waals surface area contributed by atoms with Crippen LogP contribution in [-0.2, 0) is 4.79 Å². The summed E-state index contributed by atoms with van der Waals surface area (Å²) in [5.74, 6) is 0. The first-order valence-electron chi connectivity index (χ1n) is 4.76. The Bertz CT molecular complexity index is 187. The Labute approximate surface area is 81.4 Å². The number of rotatable bonds is 6. The van der Waals surface area contributed by atoms with Crippen LogP contribution in [0.3, 0.4) is 0 Å². The summed E-state index contributed by atoms with van der Waals surface area (Å²) in [6, 6.07) is 0. The molecule has 0 spiro atoms. The lowest BCUT2D eigenvalue weighted by molar-refractivity contribution is -0.117. The SMILES string of the molecule is C=CC[C@](C=O)(NC)C(C)(C)CC. The molecule has 0 aromatic rings. The topological polar surface area (TPSA) is 29.1 Å². The summed E-state index contributed by atoms with van der Waals surface area (Å²) in [6.45, 7) is 9.98. The summed E-state index contributed by atoms with van der Waals surface area (Å²) < 4.78 is 0. The van der Waals surface area contributed by atoms with Crippen LogP contribution in [0.25, 0.3) is 0 Å². The highest BCUT2D eigenvalue weighted by Crippen LogP contribution is 2.35. The molecule has 1 atom stereocenters. The second-order valence-corrected chi connectivity index (χ2v) is 4.07. The van der Waals surface area contributed by atoms with Gasteiger partial charge in [0.05, 0.1) is 5.54 Å². The first-order valence-corrected chi connectivity index (χ1v) is 4.76. The fraction of sp³-hybridized carbons (Fsp3) is 0.727. The van der Waals surface area contributed by atoms with Crippen LogP contribution in [0.15, 0.2) is 12.7 Å². The van der Waals surface area contributed by atoms with Gasteiger partial charge in [-0.1, -0.05) is 26.8 Å². The number of aldehydes is 1. The van der Waals surface area contributed by atoms with E-state index in [4.69, 9.17) is 0 Å². The van der Waals surface area contributed by atoms with Gasteiger partial charge < -0.3 is 10.1 Å². The number of hydrogen-bond acceptors (Lipinski definition) is 2. The van der Waals surface area contributed by atoms with Crippen LogP contribution >= 0.6 is 0 Å². The minimum atomic E-state index is -0.469. The molecule has 76 valence electrons. The maximum atomic E-state index is 11.1. The summed E-state index contributed by atoms with van der Waals surface area (Å²) in [5, 5.41) is 3.12. The van der Waals surface area contributed by atoms with E-state index in [1.54, 1.807) is 6.08 Å². The fourth-order valence-electron chi connectivity index (χ4n) is 1.53. The van der Waals surface area contributed by atoms with Gasteiger partial charge in [0, 0.05) is 0 Å². The maximum Gasteiger partial charge on any atom is 0.140 e. The minimum Gasteiger partial charge on any atom is -0.308 e. The predicted octanol–water partition coefficient (Wildman–Crippen LogP) is 2.16. The highest BCUT2D eigenvalue weighted by atomic mass is 16.1. The molecule has 0 heterocycles. The lowest BCUT2D eigenvalue weighted by Crippen LogP contribution is -2.55. The van der Waals surface area contributed by atoms with Gasteiger partial charge in [0.25, 0.3) is 0 Å². The van der Waals surface area contributed by atoms with Crippen LogP contribution in [0.2, 0.25) is 0 Å². The molecule has 13 heavy (non-hydrogen) atoms. The normalized spacial score (nSPS) is 16.3. The van der Waals surface area contributed by atoms with Crippen LogP contribution in [0, 0.1) is 5.41 Å². The molecule has 0 fully saturated rings. The van der Waals surface area contributed by atoms with Crippen molar-refractivity contribution < 1.29 is 4.79 Å². The Kier molecular flexibility index (Phi) is 4.34. The van der Waals surface area contributed by atoms with Crippen molar-refractivity contribution in [3.05, 3.63) is 12.7 Å². The highest BCUT2D eigenvalue weighted by Gasteiger charge is 2.41. The number of likely N-dealkylation sites (N-methyl/N-ethyl adjacent to an activating group) is 1. The van der Waals surface area contributed by atoms with Crippen molar-refractivity contribution in [2.45, 2.75) is 39.2 Å². The number of carbonyl (C=O) groups is 1. The molecule has 2 heteroatoms. The van der Waals surface area contributed by atoms with Crippen molar-refractivity contribution in [3.63, 3.8) is 0 Å². The van der Waals surface area contributed by atoms with Gasteiger partial charge in [0.15, 0.2) is 0 Å². The van der Waals surface area contributed by atoms with Gasteiger partial charge in [-0.3, -0.25) is 0 Å². The quantitative estimate of drug-likeness (QED) is 0.505. The van der Waals surface area contributed by atoms with E-state index in [2.05, 4.69) is 32.7 Å². The zero-order valence-electron chi connectivity index (χ0n) is 9.18. The highest BCUT2D eigenvalue weighted by molar-refractivity contribution is 5.66. The summed E-state index contributed by atoms with van der Waals surface area (Å²) in [5.41, 5.74) is -0.513. The summed E-state index contributed by atoms with van der Waals surface area (Å²) in [6.07, 6.45) is 4.44. The van der Waals surface area contributed by atoms with E-state index in [1.165, 1.54) is 0 Å². The molecule has 0 rings (SSSR count). The van der Waals surface area contributed by atoms with E-state index >= 15 is 0 Å². The molecule has 0 bridgehead atoms. The van der Waals surface area contributed by atoms with Gasteiger partial charge in [-0.15, -0.1) is 6.58 Å². The largest absolute Gasteiger partial charge is 0.308 e. The molecular weight excluding hydrogens is 162 g/mol. The van der Waals surface area contributed by atoms with Crippen molar-refractivity contribution >= 4 is 6.29 Å². The first-order chi connectivity index (χ1) is 5.99. The van der Waals surface area contributed by atoms with Gasteiger partial charge in [-0.25, -0.2) is 0 Å². The first kappa shape index (κ1) is 12.4. The summed E-state index contributed by atoms with van der Waals surface area (Å²) in [4.78, 5) is 11.1. The monoisotopic (exact) mass is 183 g/mol. The molecule has 0 aliphatic heterocycles. The van der Waals surface area contributed by atoms with E-state index in [9.17, 15) is 4.79 Å². The van der Waals surface area contributed by atoms with Crippen molar-refractivity contribution in [2.24, 2.45) is 5.41 Å². The van der Waals surface area contributed by atoms with Gasteiger partial charge in [-0.05, 0) is 25.3 Å². The van der Waals surface area contributed by atoms with E-state index < -0.39 is 5.54 Å². The van der Waals surface area contributed by atoms with Crippen molar-refractivity contribution in [3.8, 4) is 0 Å². The van der Waals surface area contributed by atoms with Gasteiger partial charge in [0.1, 0.15) is 6.29 Å². The number of carbonyl (C=O) groups excluding carboxylic acids is 1. The van der Waals surface area contributed by atoms with Crippen molar-refractivity contribution in [1.82, 2.24) is 5.32 Å². The molecule has 0 aromatic carbocycles. The zero-order valence-corrected chi connectivity index (χ0v) is 9.18. The van der Waals surface area contributed by atoms with E-state index in [1.807, 2.05) is 7.05 Å². The molecule has 0 aliphatic carbocycles. The third kappa shape index (κ3) is 2.19. The van der Waals surface area contributed by atoms with Crippen molar-refractivity contribution in [1.29, 1.82) is 0 Å². The number of nitrogens with one attached hydrogen (secondary N) is 1. The van der Waals surface area contributed by atoms with Crippen molar-refractivity contribution in [2.75, 3.05) is 7.05 Å². The Morgan fingerprint density at radius 3 is 2.23 bits per heavy atom. The lowest BCUT2D eigenvalue weighted by Gasteiger charge is -2.41. The van der Waals surface area contributed by atoms with E-state index in [0.29, 0.717) is 6.42 Å². The molecule has 1 N–H and O–H groups in total. The summed E-state index contributed by atoms with van der Waals surface area (Å²) >= 11 is 0. The summed E-state index contributed by atoms with van der Waals surface area (Å²) in [7, 11) is 1.83. The molecule has 0 aliphatic rings. The Balaban J connectivity index is 4.94. The van der Waals surface area contributed by atoms with Gasteiger partial charge in [-0.2, -0.15) is 0 Å². The minimum absolute atomic E-state index is 0.0440. The lowest BCUT2D eigenvalue weighted by atomic mass is 9.69. The third-order valence-corrected chi connectivity index (χ3v) is 3.21. The van der Waals surface area contributed by atoms with Crippen LogP contribution in [-0.4, -0.2) is 18.9 Å². The van der Waals surface area contributed by atoms with Gasteiger partial charge >= 0.3 is 0 Å². The van der Waals surface area contributed by atoms with Crippen LogP contribution < -0.4 is 5.32 Å². The Hall–Kier alpha value is -0.630. The average molecular weight is 183 g/mol. The zero-order chi connectivity index (χ0) is 10.5. The van der Waals surface area contributed by atoms with Crippen LogP contribution in [0.5, 0.6) is 0 Å². The molecular formula is C11H21NO. The molecule has 0 radical (unpaired) electrons. The second kappa shape index (κ2) is 4.56. The fourth-order valence-corrected chi connectivity index (χ4v) is 1.53. The molecule has 2 nitrogen and oxygen atoms in total. The molecule has 0 saturated carbocycles. The van der Waals surface area contributed by atoms with E-state index in [-0.39, 0.29) is 5.41 Å². The molecule has 0 amide bonds. The average Bonchev–Trinajstić information content (AvgIpc) is 2.14. The Morgan fingerprint density at radius 2 is 2.00 bits per heavy atom. The van der Waals surface area contributed by atoms with Gasteiger partial charge in [0.2, 0.25) is 0 Å². The smallest absolute Gasteiger partial charge is 0.140 e. The van der Waals surface area contributed by atoms with Crippen LogP contribution in [0.4, 0.5) is 0 Å². The maximum absolute atomic E-state index is 11.1. The molecule has 0 saturated heterocycles. The number of hydrogen-bond donors (Lipinski definition) is 1. The third-order valence-electron chi connectivity index (χ3n) is 3.21. The molecule has 0 aromatic heterocycles. The van der Waals surface area contributed by atoms with Crippen LogP contribution in [0.1, 0.15) is 33.6 Å². The van der Waals surface area contributed by atoms with E-state index in [0.717, 1.165) is 12.7 Å².